The number of rotatable bonds is 7. The van der Waals surface area contributed by atoms with Crippen LogP contribution < -0.4 is 15.4 Å². The molecule has 1 saturated heterocycles. The van der Waals surface area contributed by atoms with E-state index < -0.39 is 0 Å². The summed E-state index contributed by atoms with van der Waals surface area (Å²) in [5.41, 5.74) is 3.02. The van der Waals surface area contributed by atoms with Crippen LogP contribution in [0.3, 0.4) is 0 Å². The van der Waals surface area contributed by atoms with Gasteiger partial charge in [0.25, 0.3) is 5.91 Å². The molecule has 2 N–H and O–H groups in total. The second kappa shape index (κ2) is 11.6. The first-order valence-electron chi connectivity index (χ1n) is 10.6. The minimum Gasteiger partial charge on any atom is -0.482 e. The van der Waals surface area contributed by atoms with Crippen molar-refractivity contribution in [3.05, 3.63) is 42.2 Å². The molecule has 1 fully saturated rings. The molecule has 3 heterocycles. The highest BCUT2D eigenvalue weighted by molar-refractivity contribution is 7.59. The molecule has 0 spiro atoms. The quantitative estimate of drug-likeness (QED) is 0.517. The highest BCUT2D eigenvalue weighted by atomic mass is 32.1. The fourth-order valence-corrected chi connectivity index (χ4v) is 3.38. The van der Waals surface area contributed by atoms with Gasteiger partial charge in [-0.25, -0.2) is 9.97 Å². The molecule has 1 aromatic carbocycles. The van der Waals surface area contributed by atoms with E-state index in [1.807, 2.05) is 6.07 Å². The maximum Gasteiger partial charge on any atom is 0.259 e. The van der Waals surface area contributed by atoms with Crippen molar-refractivity contribution < 1.29 is 14.3 Å². The second-order valence-electron chi connectivity index (χ2n) is 7.76. The minimum absolute atomic E-state index is 0. The lowest BCUT2D eigenvalue weighted by atomic mass is 10.1. The zero-order valence-corrected chi connectivity index (χ0v) is 20.0. The van der Waals surface area contributed by atoms with Crippen LogP contribution in [0.2, 0.25) is 0 Å². The van der Waals surface area contributed by atoms with E-state index in [0.29, 0.717) is 47.0 Å². The lowest BCUT2D eigenvalue weighted by Gasteiger charge is -2.24. The normalized spacial score (nSPS) is 15.1. The summed E-state index contributed by atoms with van der Waals surface area (Å²) in [5.74, 6) is 0.753. The Morgan fingerprint density at radius 3 is 2.88 bits per heavy atom. The first-order chi connectivity index (χ1) is 16.0. The lowest BCUT2D eigenvalue weighted by molar-refractivity contribution is -0.130. The van der Waals surface area contributed by atoms with E-state index in [9.17, 15) is 10.1 Å². The molecule has 1 aliphatic heterocycles. The molecule has 0 aliphatic carbocycles. The molecule has 34 heavy (non-hydrogen) atoms. The Kier molecular flexibility index (Phi) is 8.59. The number of hydrogen-bond donors (Lipinski definition) is 2. The van der Waals surface area contributed by atoms with Gasteiger partial charge in [-0.1, -0.05) is 0 Å². The van der Waals surface area contributed by atoms with Crippen molar-refractivity contribution in [1.29, 1.82) is 5.26 Å². The molecule has 1 amide bonds. The van der Waals surface area contributed by atoms with Crippen molar-refractivity contribution >= 4 is 36.3 Å². The average Bonchev–Trinajstić information content (AvgIpc) is 2.86. The monoisotopic (exact) mass is 481 g/mol. The van der Waals surface area contributed by atoms with Gasteiger partial charge in [0, 0.05) is 51.7 Å². The van der Waals surface area contributed by atoms with Gasteiger partial charge < -0.3 is 25.0 Å². The van der Waals surface area contributed by atoms with Gasteiger partial charge in [0.2, 0.25) is 0 Å². The Hall–Kier alpha value is -3.46. The number of morpholine rings is 1. The average molecular weight is 482 g/mol. The molecule has 11 heteroatoms. The summed E-state index contributed by atoms with van der Waals surface area (Å²) in [5, 5.41) is 16.3. The highest BCUT2D eigenvalue weighted by Crippen LogP contribution is 2.29. The van der Waals surface area contributed by atoms with Gasteiger partial charge in [-0.3, -0.25) is 9.78 Å². The molecular formula is C23H27N7O3S. The lowest BCUT2D eigenvalue weighted by Crippen LogP contribution is -2.42. The van der Waals surface area contributed by atoms with Crippen molar-refractivity contribution in [2.24, 2.45) is 0 Å². The molecule has 2 aromatic heterocycles. The summed E-state index contributed by atoms with van der Waals surface area (Å²) >= 11 is 0. The van der Waals surface area contributed by atoms with Gasteiger partial charge in [0.05, 0.1) is 29.5 Å². The number of carbonyl (C=O) groups is 1. The number of likely N-dealkylation sites (N-methyl/N-ethyl adjacent to an activating group) is 1. The number of hydrogen-bond acceptors (Lipinski definition) is 9. The van der Waals surface area contributed by atoms with Crippen LogP contribution in [-0.2, 0) is 9.53 Å². The predicted molar refractivity (Wildman–Crippen MR) is 133 cm³/mol. The summed E-state index contributed by atoms with van der Waals surface area (Å²) in [6.07, 6.45) is 3.29. The number of nitrogens with zero attached hydrogens (tertiary/aromatic N) is 5. The standard InChI is InChI=1S/C23H25N7O3.H2S/c1-30(2)21(31)14-33-20-4-3-15(9-16(20)11-24)18-10-19-22(27-6-5-26-19)23(29-18)28-13-17-12-25-7-8-32-17;/h3-6,9-10,17,25H,7-8,12-14H2,1-2H3,(H,28,29);1H2/t17-;/m0./s1. The number of ether oxygens (including phenoxy) is 2. The number of pyridine rings is 1. The number of nitrogens with one attached hydrogen (secondary N) is 2. The van der Waals surface area contributed by atoms with Crippen LogP contribution in [0.5, 0.6) is 5.75 Å². The molecule has 0 radical (unpaired) electrons. The van der Waals surface area contributed by atoms with Crippen molar-refractivity contribution in [1.82, 2.24) is 25.2 Å². The van der Waals surface area contributed by atoms with Crippen LogP contribution >= 0.6 is 13.5 Å². The maximum atomic E-state index is 11.8. The Balaban J connectivity index is 0.00000324. The third-order valence-corrected chi connectivity index (χ3v) is 5.20. The minimum atomic E-state index is -0.189. The number of amides is 1. The SMILES string of the molecule is CN(C)C(=O)COc1ccc(-c2cc3nccnc3c(NC[C@@H]3CNCCO3)n2)cc1C#N.S. The van der Waals surface area contributed by atoms with Crippen LogP contribution in [0.1, 0.15) is 5.56 Å². The molecule has 10 nitrogen and oxygen atoms in total. The van der Waals surface area contributed by atoms with E-state index in [2.05, 4.69) is 26.7 Å². The van der Waals surface area contributed by atoms with E-state index in [1.54, 1.807) is 44.7 Å². The van der Waals surface area contributed by atoms with E-state index in [0.717, 1.165) is 18.7 Å². The molecule has 0 bridgehead atoms. The highest BCUT2D eigenvalue weighted by Gasteiger charge is 2.16. The smallest absolute Gasteiger partial charge is 0.259 e. The molecule has 1 aliphatic rings. The van der Waals surface area contributed by atoms with E-state index >= 15 is 0 Å². The van der Waals surface area contributed by atoms with Crippen LogP contribution in [0.4, 0.5) is 5.82 Å². The fraction of sp³-hybridized carbons (Fsp3) is 0.348. The zero-order chi connectivity index (χ0) is 23.2. The van der Waals surface area contributed by atoms with E-state index in [4.69, 9.17) is 14.5 Å². The third kappa shape index (κ3) is 5.91. The fourth-order valence-electron chi connectivity index (χ4n) is 3.38. The first kappa shape index (κ1) is 25.2. The summed E-state index contributed by atoms with van der Waals surface area (Å²) in [6, 6.07) is 9.14. The predicted octanol–water partition coefficient (Wildman–Crippen LogP) is 1.54. The van der Waals surface area contributed by atoms with Gasteiger partial charge in [0.15, 0.2) is 12.4 Å². The number of nitriles is 1. The largest absolute Gasteiger partial charge is 0.482 e. The van der Waals surface area contributed by atoms with E-state index in [-0.39, 0.29) is 32.1 Å². The van der Waals surface area contributed by atoms with Crippen LogP contribution in [0.25, 0.3) is 22.3 Å². The molecule has 1 atom stereocenters. The Morgan fingerprint density at radius 1 is 1.32 bits per heavy atom. The molecule has 0 saturated carbocycles. The summed E-state index contributed by atoms with van der Waals surface area (Å²) in [6.45, 7) is 2.72. The van der Waals surface area contributed by atoms with Crippen molar-refractivity contribution in [3.8, 4) is 23.1 Å². The topological polar surface area (TPSA) is 125 Å². The molecule has 178 valence electrons. The third-order valence-electron chi connectivity index (χ3n) is 5.20. The maximum absolute atomic E-state index is 11.8. The number of anilines is 1. The number of carbonyl (C=O) groups excluding carboxylic acids is 1. The van der Waals surface area contributed by atoms with Crippen molar-refractivity contribution in [2.75, 3.05) is 52.3 Å². The van der Waals surface area contributed by atoms with Crippen LogP contribution in [-0.4, -0.2) is 78.8 Å². The Bertz CT molecular complexity index is 1190. The van der Waals surface area contributed by atoms with Crippen molar-refractivity contribution in [3.63, 3.8) is 0 Å². The zero-order valence-electron chi connectivity index (χ0n) is 19.0. The number of benzene rings is 1. The Morgan fingerprint density at radius 2 is 2.15 bits per heavy atom. The summed E-state index contributed by atoms with van der Waals surface area (Å²) in [7, 11) is 3.30. The summed E-state index contributed by atoms with van der Waals surface area (Å²) in [4.78, 5) is 26.9. The van der Waals surface area contributed by atoms with Gasteiger partial charge in [-0.15, -0.1) is 0 Å². The summed E-state index contributed by atoms with van der Waals surface area (Å²) < 4.78 is 11.3. The number of fused-ring (bicyclic) bond motifs is 1. The van der Waals surface area contributed by atoms with Crippen LogP contribution in [0.15, 0.2) is 36.7 Å². The van der Waals surface area contributed by atoms with Gasteiger partial charge >= 0.3 is 0 Å². The van der Waals surface area contributed by atoms with E-state index in [1.165, 1.54) is 4.90 Å². The molecule has 3 aromatic rings. The Labute approximate surface area is 204 Å². The van der Waals surface area contributed by atoms with Gasteiger partial charge in [-0.05, 0) is 24.3 Å². The first-order valence-corrected chi connectivity index (χ1v) is 10.6. The molecule has 0 unspecified atom stereocenters. The van der Waals surface area contributed by atoms with Crippen LogP contribution in [0, 0.1) is 11.3 Å². The van der Waals surface area contributed by atoms with Gasteiger partial charge in [-0.2, -0.15) is 18.8 Å². The molecule has 4 rings (SSSR count). The van der Waals surface area contributed by atoms with Crippen molar-refractivity contribution in [2.45, 2.75) is 6.10 Å². The number of aromatic nitrogens is 3. The second-order valence-corrected chi connectivity index (χ2v) is 7.76. The molecular weight excluding hydrogens is 454 g/mol. The van der Waals surface area contributed by atoms with Gasteiger partial charge in [0.1, 0.15) is 17.3 Å².